The molecule has 0 spiro atoms. The monoisotopic (exact) mass is 351 g/mol. The van der Waals surface area contributed by atoms with Crippen molar-refractivity contribution in [1.82, 2.24) is 14.5 Å². The smallest absolute Gasteiger partial charge is 0.391 e. The Morgan fingerprint density at radius 1 is 1.25 bits per heavy atom. The number of ether oxygens (including phenoxy) is 1. The summed E-state index contributed by atoms with van der Waals surface area (Å²) in [5.41, 5.74) is 0.902. The highest BCUT2D eigenvalue weighted by atomic mass is 31.2. The molecule has 0 saturated carbocycles. The molecule has 128 valence electrons. The van der Waals surface area contributed by atoms with Crippen LogP contribution in [-0.4, -0.2) is 31.4 Å². The molecule has 0 atom stereocenters. The highest BCUT2D eigenvalue weighted by Crippen LogP contribution is 2.36. The summed E-state index contributed by atoms with van der Waals surface area (Å²) in [6.45, 7) is 4.73. The van der Waals surface area contributed by atoms with Gasteiger partial charge in [0.25, 0.3) is 0 Å². The number of hydrogen-bond acceptors (Lipinski definition) is 5. The molecule has 3 rings (SSSR count). The molecular weight excluding hydrogens is 333 g/mol. The molecule has 0 aliphatic rings. The predicted octanol–water partition coefficient (Wildman–Crippen LogP) is 2.16. The molecule has 0 fully saturated rings. The number of pyridine rings is 1. The van der Waals surface area contributed by atoms with Crippen LogP contribution in [0, 0.1) is 5.92 Å². The number of nitrogens with zero attached hydrogens (tertiary/aromatic N) is 3. The van der Waals surface area contributed by atoms with Gasteiger partial charge >= 0.3 is 7.60 Å². The van der Waals surface area contributed by atoms with Crippen molar-refractivity contribution in [2.24, 2.45) is 5.92 Å². The lowest BCUT2D eigenvalue weighted by molar-refractivity contribution is 0.377. The predicted molar refractivity (Wildman–Crippen MR) is 88.3 cm³/mol. The van der Waals surface area contributed by atoms with Crippen LogP contribution in [0.1, 0.15) is 13.8 Å². The highest BCUT2D eigenvalue weighted by molar-refractivity contribution is 7.59. The van der Waals surface area contributed by atoms with E-state index in [4.69, 9.17) is 9.15 Å². The van der Waals surface area contributed by atoms with Crippen molar-refractivity contribution in [2.45, 2.75) is 20.4 Å². The molecule has 3 aromatic rings. The van der Waals surface area contributed by atoms with Gasteiger partial charge in [-0.05, 0) is 24.1 Å². The summed E-state index contributed by atoms with van der Waals surface area (Å²) >= 11 is 0. The van der Waals surface area contributed by atoms with E-state index in [0.717, 1.165) is 0 Å². The summed E-state index contributed by atoms with van der Waals surface area (Å²) in [5.74, 6) is 1.53. The number of imidazole rings is 1. The third kappa shape index (κ3) is 3.08. The van der Waals surface area contributed by atoms with Gasteiger partial charge in [0.05, 0.1) is 7.11 Å². The Balaban J connectivity index is 2.19. The minimum Gasteiger partial charge on any atom is -0.481 e. The van der Waals surface area contributed by atoms with E-state index in [9.17, 15) is 14.4 Å². The molecule has 0 unspecified atom stereocenters. The molecule has 24 heavy (non-hydrogen) atoms. The van der Waals surface area contributed by atoms with Gasteiger partial charge in [0.15, 0.2) is 17.2 Å². The van der Waals surface area contributed by atoms with Gasteiger partial charge in [0, 0.05) is 12.6 Å². The Morgan fingerprint density at radius 2 is 2.00 bits per heavy atom. The van der Waals surface area contributed by atoms with E-state index in [1.807, 2.05) is 4.57 Å². The summed E-state index contributed by atoms with van der Waals surface area (Å²) in [7, 11) is -2.91. The topological polar surface area (TPSA) is 111 Å². The van der Waals surface area contributed by atoms with E-state index in [-0.39, 0.29) is 11.3 Å². The first-order chi connectivity index (χ1) is 11.3. The van der Waals surface area contributed by atoms with Gasteiger partial charge in [-0.2, -0.15) is 4.98 Å². The molecule has 0 bridgehead atoms. The Bertz CT molecular complexity index is 924. The quantitative estimate of drug-likeness (QED) is 0.678. The van der Waals surface area contributed by atoms with Crippen LogP contribution in [0.2, 0.25) is 0 Å². The van der Waals surface area contributed by atoms with Crippen LogP contribution in [0.5, 0.6) is 5.88 Å². The largest absolute Gasteiger partial charge is 0.481 e. The minimum atomic E-state index is -4.45. The number of hydrogen-bond donors (Lipinski definition) is 2. The lowest BCUT2D eigenvalue weighted by atomic mass is 10.2. The summed E-state index contributed by atoms with van der Waals surface area (Å²) in [6.07, 6.45) is 0. The van der Waals surface area contributed by atoms with Crippen LogP contribution in [0.4, 0.5) is 0 Å². The minimum absolute atomic E-state index is 0.283. The van der Waals surface area contributed by atoms with Crippen molar-refractivity contribution in [1.29, 1.82) is 0 Å². The van der Waals surface area contributed by atoms with Crippen molar-refractivity contribution < 1.29 is 23.5 Å². The normalized spacial score (nSPS) is 12.2. The summed E-state index contributed by atoms with van der Waals surface area (Å²) in [4.78, 5) is 27.4. The lowest BCUT2D eigenvalue weighted by Crippen LogP contribution is -2.07. The average molecular weight is 351 g/mol. The molecule has 9 heteroatoms. The van der Waals surface area contributed by atoms with E-state index < -0.39 is 7.60 Å². The molecule has 0 saturated heterocycles. The zero-order valence-electron chi connectivity index (χ0n) is 13.5. The summed E-state index contributed by atoms with van der Waals surface area (Å²) < 4.78 is 23.7. The fraction of sp³-hybridized carbons (Fsp3) is 0.333. The fourth-order valence-corrected chi connectivity index (χ4v) is 2.91. The molecule has 0 aliphatic carbocycles. The van der Waals surface area contributed by atoms with Crippen molar-refractivity contribution >= 4 is 24.3 Å². The van der Waals surface area contributed by atoms with Crippen molar-refractivity contribution in [3.05, 3.63) is 24.3 Å². The zero-order chi connectivity index (χ0) is 17.5. The Hall–Kier alpha value is -2.15. The van der Waals surface area contributed by atoms with Gasteiger partial charge in [0.1, 0.15) is 5.52 Å². The third-order valence-electron chi connectivity index (χ3n) is 3.42. The van der Waals surface area contributed by atoms with E-state index >= 15 is 0 Å². The van der Waals surface area contributed by atoms with E-state index in [1.165, 1.54) is 19.2 Å². The standard InChI is InChI=1S/C15H18N3O5P/c1-9(2)8-18-14-10(4-6-12(17-14)22-3)16-15(18)11-5-7-13(23-11)24(19,20)21/h4-7,9H,8H2,1-3H3,(H2,19,20,21). The molecule has 0 aliphatic heterocycles. The SMILES string of the molecule is COc1ccc2nc(-c3ccc(P(=O)(O)O)o3)n(CC(C)C)c2n1. The van der Waals surface area contributed by atoms with Crippen molar-refractivity contribution in [3.8, 4) is 17.5 Å². The maximum atomic E-state index is 11.3. The van der Waals surface area contributed by atoms with E-state index in [1.54, 1.807) is 12.1 Å². The van der Waals surface area contributed by atoms with E-state index in [0.29, 0.717) is 35.3 Å². The van der Waals surface area contributed by atoms with Crippen LogP contribution < -0.4 is 10.2 Å². The van der Waals surface area contributed by atoms with E-state index in [2.05, 4.69) is 23.8 Å². The zero-order valence-corrected chi connectivity index (χ0v) is 14.4. The van der Waals surface area contributed by atoms with Gasteiger partial charge in [-0.1, -0.05) is 13.8 Å². The number of fused-ring (bicyclic) bond motifs is 1. The molecule has 0 amide bonds. The fourth-order valence-electron chi connectivity index (χ4n) is 2.43. The first-order valence-corrected chi connectivity index (χ1v) is 8.98. The third-order valence-corrected chi connectivity index (χ3v) is 4.24. The van der Waals surface area contributed by atoms with Gasteiger partial charge in [-0.25, -0.2) is 4.98 Å². The summed E-state index contributed by atoms with van der Waals surface area (Å²) in [5, 5.41) is 0. The van der Waals surface area contributed by atoms with Crippen LogP contribution in [-0.2, 0) is 11.1 Å². The van der Waals surface area contributed by atoms with Gasteiger partial charge in [-0.3, -0.25) is 4.57 Å². The Kier molecular flexibility index (Phi) is 4.21. The van der Waals surface area contributed by atoms with Crippen LogP contribution in [0.15, 0.2) is 28.7 Å². The van der Waals surface area contributed by atoms with Gasteiger partial charge < -0.3 is 23.5 Å². The van der Waals surface area contributed by atoms with Gasteiger partial charge in [0.2, 0.25) is 11.4 Å². The second-order valence-corrected chi connectivity index (χ2v) is 7.35. The molecule has 3 aromatic heterocycles. The molecule has 0 radical (unpaired) electrons. The number of furan rings is 1. The maximum absolute atomic E-state index is 11.3. The summed E-state index contributed by atoms with van der Waals surface area (Å²) in [6, 6.07) is 6.27. The molecule has 8 nitrogen and oxygen atoms in total. The lowest BCUT2D eigenvalue weighted by Gasteiger charge is -2.10. The first kappa shape index (κ1) is 16.7. The molecule has 3 heterocycles. The second-order valence-electron chi connectivity index (χ2n) is 5.82. The highest BCUT2D eigenvalue weighted by Gasteiger charge is 2.25. The Labute approximate surface area is 138 Å². The van der Waals surface area contributed by atoms with Crippen molar-refractivity contribution in [2.75, 3.05) is 7.11 Å². The van der Waals surface area contributed by atoms with Crippen LogP contribution in [0.3, 0.4) is 0 Å². The first-order valence-electron chi connectivity index (χ1n) is 7.37. The molecule has 2 N–H and O–H groups in total. The van der Waals surface area contributed by atoms with Gasteiger partial charge in [-0.15, -0.1) is 0 Å². The number of rotatable bonds is 5. The van der Waals surface area contributed by atoms with Crippen molar-refractivity contribution in [3.63, 3.8) is 0 Å². The number of aromatic nitrogens is 3. The van der Waals surface area contributed by atoms with Crippen LogP contribution >= 0.6 is 7.60 Å². The van der Waals surface area contributed by atoms with Crippen LogP contribution in [0.25, 0.3) is 22.7 Å². The molecular formula is C15H18N3O5P. The second kappa shape index (κ2) is 6.05. The maximum Gasteiger partial charge on any atom is 0.391 e. The number of methoxy groups -OCH3 is 1. The molecule has 0 aromatic carbocycles. The Morgan fingerprint density at radius 3 is 2.58 bits per heavy atom. The average Bonchev–Trinajstić information content (AvgIpc) is 3.11.